The Labute approximate surface area is 177 Å². The highest BCUT2D eigenvalue weighted by Gasteiger charge is 2.36. The average Bonchev–Trinajstić information content (AvgIpc) is 3.20. The summed E-state index contributed by atoms with van der Waals surface area (Å²) in [5.41, 5.74) is 3.04. The fourth-order valence-corrected chi connectivity index (χ4v) is 4.07. The number of carbonyl (C=O) groups is 2. The molecular formula is C24H27N3O3. The van der Waals surface area contributed by atoms with Gasteiger partial charge in [0.2, 0.25) is 5.78 Å². The molecular weight excluding hydrogens is 378 g/mol. The number of carbonyl (C=O) groups excluding carboxylic acids is 2. The van der Waals surface area contributed by atoms with Crippen LogP contribution in [0.3, 0.4) is 0 Å². The first-order valence-corrected chi connectivity index (χ1v) is 10.3. The number of benzene rings is 2. The van der Waals surface area contributed by atoms with Gasteiger partial charge < -0.3 is 19.9 Å². The van der Waals surface area contributed by atoms with E-state index >= 15 is 0 Å². The summed E-state index contributed by atoms with van der Waals surface area (Å²) in [5.74, 6) is -0.333. The molecule has 2 unspecified atom stereocenters. The zero-order valence-electron chi connectivity index (χ0n) is 17.4. The average molecular weight is 405 g/mol. The summed E-state index contributed by atoms with van der Waals surface area (Å²) >= 11 is 0. The van der Waals surface area contributed by atoms with Gasteiger partial charge in [-0.15, -0.1) is 0 Å². The molecule has 1 N–H and O–H groups in total. The summed E-state index contributed by atoms with van der Waals surface area (Å²) in [4.78, 5) is 29.7. The third-order valence-electron chi connectivity index (χ3n) is 5.87. The Morgan fingerprint density at radius 3 is 2.27 bits per heavy atom. The highest BCUT2D eigenvalue weighted by Crippen LogP contribution is 2.26. The fraction of sp³-hybridized carbons (Fsp3) is 0.333. The molecule has 6 heteroatoms. The van der Waals surface area contributed by atoms with Crippen LogP contribution in [0.5, 0.6) is 5.75 Å². The van der Waals surface area contributed by atoms with Gasteiger partial charge in [-0.1, -0.05) is 30.3 Å². The van der Waals surface area contributed by atoms with Gasteiger partial charge in [0, 0.05) is 43.6 Å². The highest BCUT2D eigenvalue weighted by atomic mass is 16.5. The third kappa shape index (κ3) is 4.03. The number of nitrogens with zero attached hydrogens (tertiary/aromatic N) is 2. The van der Waals surface area contributed by atoms with Crippen LogP contribution >= 0.6 is 0 Å². The van der Waals surface area contributed by atoms with Gasteiger partial charge in [0.1, 0.15) is 5.75 Å². The zero-order valence-corrected chi connectivity index (χ0v) is 17.4. The third-order valence-corrected chi connectivity index (χ3v) is 5.87. The molecule has 1 saturated heterocycles. The zero-order chi connectivity index (χ0) is 21.1. The van der Waals surface area contributed by atoms with E-state index in [1.54, 1.807) is 12.0 Å². The normalized spacial score (nSPS) is 21.1. The van der Waals surface area contributed by atoms with Gasteiger partial charge in [-0.2, -0.15) is 0 Å². The number of ketones is 1. The Kier molecular flexibility index (Phi) is 5.74. The lowest BCUT2D eigenvalue weighted by molar-refractivity contribution is -0.146. The van der Waals surface area contributed by atoms with E-state index in [2.05, 4.69) is 10.2 Å². The van der Waals surface area contributed by atoms with Crippen molar-refractivity contribution >= 4 is 23.1 Å². The lowest BCUT2D eigenvalue weighted by atomic mass is 9.97. The number of hydrogen-bond donors (Lipinski definition) is 1. The molecule has 2 heterocycles. The second kappa shape index (κ2) is 8.61. The Balaban J connectivity index is 1.38. The number of piperazine rings is 1. The molecule has 2 aromatic rings. The van der Waals surface area contributed by atoms with Crippen LogP contribution in [0.1, 0.15) is 12.5 Å². The number of nitrogens with one attached hydrogen (secondary N) is 1. The number of amides is 1. The smallest absolute Gasteiger partial charge is 0.290 e. The quantitative estimate of drug-likeness (QED) is 0.775. The van der Waals surface area contributed by atoms with E-state index in [1.165, 1.54) is 0 Å². The van der Waals surface area contributed by atoms with Crippen LogP contribution in [0.25, 0.3) is 5.70 Å². The minimum atomic E-state index is -0.438. The maximum Gasteiger partial charge on any atom is 0.290 e. The van der Waals surface area contributed by atoms with Gasteiger partial charge in [0.15, 0.2) is 0 Å². The van der Waals surface area contributed by atoms with E-state index in [-0.39, 0.29) is 17.7 Å². The molecule has 6 nitrogen and oxygen atoms in total. The Bertz CT molecular complexity index is 932. The van der Waals surface area contributed by atoms with Crippen molar-refractivity contribution < 1.29 is 14.3 Å². The lowest BCUT2D eigenvalue weighted by Gasteiger charge is -2.36. The van der Waals surface area contributed by atoms with E-state index in [4.69, 9.17) is 4.74 Å². The maximum atomic E-state index is 13.0. The van der Waals surface area contributed by atoms with Gasteiger partial charge in [-0.25, -0.2) is 0 Å². The van der Waals surface area contributed by atoms with Gasteiger partial charge in [-0.05, 0) is 42.8 Å². The van der Waals surface area contributed by atoms with Crippen LogP contribution in [-0.4, -0.2) is 55.9 Å². The molecule has 0 spiro atoms. The summed E-state index contributed by atoms with van der Waals surface area (Å²) in [5, 5.41) is 3.35. The number of methoxy groups -OCH3 is 1. The molecule has 0 bridgehead atoms. The van der Waals surface area contributed by atoms with Crippen molar-refractivity contribution in [2.75, 3.05) is 38.2 Å². The molecule has 0 aromatic heterocycles. The molecule has 2 aliphatic rings. The van der Waals surface area contributed by atoms with Gasteiger partial charge >= 0.3 is 0 Å². The minimum absolute atomic E-state index is 0.0998. The summed E-state index contributed by atoms with van der Waals surface area (Å²) < 4.78 is 5.21. The van der Waals surface area contributed by atoms with E-state index in [9.17, 15) is 9.59 Å². The van der Waals surface area contributed by atoms with Crippen LogP contribution in [-0.2, 0) is 9.59 Å². The minimum Gasteiger partial charge on any atom is -0.497 e. The number of hydrogen-bond acceptors (Lipinski definition) is 5. The van der Waals surface area contributed by atoms with Crippen LogP contribution in [0, 0.1) is 5.92 Å². The molecule has 2 aliphatic heterocycles. The van der Waals surface area contributed by atoms with Crippen molar-refractivity contribution in [3.05, 3.63) is 66.2 Å². The summed E-state index contributed by atoms with van der Waals surface area (Å²) in [6, 6.07) is 17.7. The molecule has 1 fully saturated rings. The predicted molar refractivity (Wildman–Crippen MR) is 117 cm³/mol. The molecule has 2 atom stereocenters. The summed E-state index contributed by atoms with van der Waals surface area (Å²) in [6.45, 7) is 4.44. The Morgan fingerprint density at radius 1 is 0.967 bits per heavy atom. The van der Waals surface area contributed by atoms with Gasteiger partial charge in [0.05, 0.1) is 13.0 Å². The van der Waals surface area contributed by atoms with Crippen molar-refractivity contribution in [3.63, 3.8) is 0 Å². The largest absolute Gasteiger partial charge is 0.497 e. The van der Waals surface area contributed by atoms with Crippen molar-refractivity contribution in [1.82, 2.24) is 10.2 Å². The molecule has 0 aliphatic carbocycles. The number of Topliss-reactive ketones (excluding diaryl/α,β-unsaturated/α-hetero) is 1. The Hall–Kier alpha value is -3.28. The fourth-order valence-electron chi connectivity index (χ4n) is 4.07. The van der Waals surface area contributed by atoms with Crippen LogP contribution in [0.2, 0.25) is 0 Å². The molecule has 156 valence electrons. The lowest BCUT2D eigenvalue weighted by Crippen LogP contribution is -2.52. The summed E-state index contributed by atoms with van der Waals surface area (Å²) in [7, 11) is 1.65. The highest BCUT2D eigenvalue weighted by molar-refractivity contribution is 6.37. The number of rotatable bonds is 5. The van der Waals surface area contributed by atoms with Crippen molar-refractivity contribution in [1.29, 1.82) is 0 Å². The first kappa shape index (κ1) is 20.0. The first-order valence-electron chi connectivity index (χ1n) is 10.3. The number of ether oxygens (including phenoxy) is 1. The van der Waals surface area contributed by atoms with E-state index in [1.807, 2.05) is 67.6 Å². The van der Waals surface area contributed by atoms with Gasteiger partial charge in [-0.3, -0.25) is 9.59 Å². The van der Waals surface area contributed by atoms with Gasteiger partial charge in [0.25, 0.3) is 5.91 Å². The van der Waals surface area contributed by atoms with Crippen LogP contribution in [0.4, 0.5) is 5.69 Å². The maximum absolute atomic E-state index is 13.0. The molecule has 0 saturated carbocycles. The molecule has 30 heavy (non-hydrogen) atoms. The topological polar surface area (TPSA) is 61.9 Å². The molecule has 4 rings (SSSR count). The monoisotopic (exact) mass is 405 g/mol. The summed E-state index contributed by atoms with van der Waals surface area (Å²) in [6.07, 6.45) is 1.90. The second-order valence-electron chi connectivity index (χ2n) is 7.75. The van der Waals surface area contributed by atoms with Crippen molar-refractivity contribution in [2.24, 2.45) is 5.92 Å². The second-order valence-corrected chi connectivity index (χ2v) is 7.75. The van der Waals surface area contributed by atoms with E-state index < -0.39 is 5.92 Å². The van der Waals surface area contributed by atoms with Crippen molar-refractivity contribution in [2.45, 2.75) is 13.0 Å². The van der Waals surface area contributed by atoms with E-state index in [0.717, 1.165) is 22.7 Å². The number of anilines is 1. The van der Waals surface area contributed by atoms with Crippen LogP contribution < -0.4 is 15.0 Å². The SMILES string of the molecule is COc1ccc(N2CCN(C(=O)C(=O)C3C=C(c4ccccc4)NC3C)CC2)cc1. The standard InChI is InChI=1S/C24H27N3O3/c1-17-21(16-22(25-17)18-6-4-3-5-7-18)23(28)24(29)27-14-12-26(13-15-27)19-8-10-20(30-2)11-9-19/h3-11,16-17,21,25H,12-15H2,1-2H3. The van der Waals surface area contributed by atoms with Crippen LogP contribution in [0.15, 0.2) is 60.7 Å². The van der Waals surface area contributed by atoms with E-state index in [0.29, 0.717) is 26.2 Å². The first-order chi connectivity index (χ1) is 14.6. The Morgan fingerprint density at radius 2 is 1.63 bits per heavy atom. The molecule has 0 radical (unpaired) electrons. The molecule has 2 aromatic carbocycles. The van der Waals surface area contributed by atoms with Crippen molar-refractivity contribution in [3.8, 4) is 5.75 Å². The molecule has 1 amide bonds. The predicted octanol–water partition coefficient (Wildman–Crippen LogP) is 2.56.